The van der Waals surface area contributed by atoms with Gasteiger partial charge in [0.25, 0.3) is 0 Å². The van der Waals surface area contributed by atoms with Gasteiger partial charge in [0.1, 0.15) is 0 Å². The molecule has 1 aliphatic rings. The highest BCUT2D eigenvalue weighted by Gasteiger charge is 2.34. The standard InChI is InChI=1S/C27H37N3O4/c1-6-19-7-10-21(11-8-19)23(29(2)3)17-28-27(32)22-16-26(31)30(18-22)14-13-20-9-12-24(33-4)25(15-20)34-5/h7-12,15,22-23H,6,13-14,16-18H2,1-5H3,(H,28,32). The lowest BCUT2D eigenvalue weighted by Gasteiger charge is -2.26. The summed E-state index contributed by atoms with van der Waals surface area (Å²) >= 11 is 0. The summed E-state index contributed by atoms with van der Waals surface area (Å²) in [5.41, 5.74) is 3.52. The molecule has 0 bridgehead atoms. The lowest BCUT2D eigenvalue weighted by atomic mass is 10.0. The van der Waals surface area contributed by atoms with Crippen LogP contribution >= 0.6 is 0 Å². The molecule has 1 saturated heterocycles. The molecule has 34 heavy (non-hydrogen) atoms. The molecule has 2 unspecified atom stereocenters. The summed E-state index contributed by atoms with van der Waals surface area (Å²) in [7, 11) is 7.24. The number of methoxy groups -OCH3 is 2. The molecule has 0 radical (unpaired) electrons. The van der Waals surface area contributed by atoms with Crippen molar-refractivity contribution in [2.75, 3.05) is 47.9 Å². The number of carbonyl (C=O) groups excluding carboxylic acids is 2. The van der Waals surface area contributed by atoms with Gasteiger partial charge in [-0.3, -0.25) is 9.59 Å². The summed E-state index contributed by atoms with van der Waals surface area (Å²) in [4.78, 5) is 29.3. The van der Waals surface area contributed by atoms with E-state index in [0.717, 1.165) is 12.0 Å². The number of amides is 2. The molecular formula is C27H37N3O4. The lowest BCUT2D eigenvalue weighted by molar-refractivity contribution is -0.129. The van der Waals surface area contributed by atoms with Gasteiger partial charge in [0.15, 0.2) is 11.5 Å². The highest BCUT2D eigenvalue weighted by Crippen LogP contribution is 2.28. The van der Waals surface area contributed by atoms with Gasteiger partial charge in [-0.05, 0) is 55.8 Å². The largest absolute Gasteiger partial charge is 0.493 e. The zero-order valence-electron chi connectivity index (χ0n) is 21.0. The molecule has 2 aromatic carbocycles. The Hall–Kier alpha value is -3.06. The quantitative estimate of drug-likeness (QED) is 0.550. The molecule has 0 saturated carbocycles. The third-order valence-corrected chi connectivity index (χ3v) is 6.57. The summed E-state index contributed by atoms with van der Waals surface area (Å²) < 4.78 is 10.6. The number of hydrogen-bond acceptors (Lipinski definition) is 5. The van der Waals surface area contributed by atoms with Crippen molar-refractivity contribution in [1.82, 2.24) is 15.1 Å². The summed E-state index contributed by atoms with van der Waals surface area (Å²) in [6.07, 6.45) is 1.95. The Morgan fingerprint density at radius 1 is 1.09 bits per heavy atom. The summed E-state index contributed by atoms with van der Waals surface area (Å²) in [6.45, 7) is 3.67. The van der Waals surface area contributed by atoms with E-state index in [1.54, 1.807) is 19.1 Å². The second kappa shape index (κ2) is 11.9. The number of likely N-dealkylation sites (tertiary alicyclic amines) is 1. The third kappa shape index (κ3) is 6.29. The van der Waals surface area contributed by atoms with Crippen molar-refractivity contribution < 1.29 is 19.1 Å². The van der Waals surface area contributed by atoms with E-state index in [0.29, 0.717) is 37.6 Å². The molecule has 0 spiro atoms. The molecule has 1 aliphatic heterocycles. The molecule has 1 fully saturated rings. The number of likely N-dealkylation sites (N-methyl/N-ethyl adjacent to an activating group) is 1. The van der Waals surface area contributed by atoms with Crippen molar-refractivity contribution in [1.29, 1.82) is 0 Å². The molecule has 7 heteroatoms. The van der Waals surface area contributed by atoms with Gasteiger partial charge in [0, 0.05) is 26.1 Å². The van der Waals surface area contributed by atoms with Gasteiger partial charge in [0.2, 0.25) is 11.8 Å². The average Bonchev–Trinajstić information content (AvgIpc) is 3.23. The van der Waals surface area contributed by atoms with E-state index in [4.69, 9.17) is 9.47 Å². The molecule has 0 aliphatic carbocycles. The first-order valence-corrected chi connectivity index (χ1v) is 11.9. The van der Waals surface area contributed by atoms with Crippen LogP contribution < -0.4 is 14.8 Å². The predicted molar refractivity (Wildman–Crippen MR) is 133 cm³/mol. The maximum atomic E-state index is 12.9. The number of benzene rings is 2. The van der Waals surface area contributed by atoms with Gasteiger partial charge < -0.3 is 24.6 Å². The number of carbonyl (C=O) groups is 2. The van der Waals surface area contributed by atoms with E-state index < -0.39 is 0 Å². The fourth-order valence-corrected chi connectivity index (χ4v) is 4.38. The highest BCUT2D eigenvalue weighted by atomic mass is 16.5. The van der Waals surface area contributed by atoms with Crippen molar-refractivity contribution in [2.24, 2.45) is 5.92 Å². The van der Waals surface area contributed by atoms with Crippen LogP contribution in [-0.4, -0.2) is 69.6 Å². The zero-order chi connectivity index (χ0) is 24.7. The van der Waals surface area contributed by atoms with Crippen LogP contribution in [0, 0.1) is 5.92 Å². The minimum absolute atomic E-state index is 0.0277. The number of ether oxygens (including phenoxy) is 2. The minimum atomic E-state index is -0.316. The summed E-state index contributed by atoms with van der Waals surface area (Å²) in [5.74, 6) is 1.00. The summed E-state index contributed by atoms with van der Waals surface area (Å²) in [6, 6.07) is 14.4. The molecule has 3 rings (SSSR count). The van der Waals surface area contributed by atoms with Crippen LogP contribution in [-0.2, 0) is 22.4 Å². The molecule has 1 heterocycles. The van der Waals surface area contributed by atoms with Crippen LogP contribution in [0.5, 0.6) is 11.5 Å². The van der Waals surface area contributed by atoms with E-state index in [-0.39, 0.29) is 30.2 Å². The smallest absolute Gasteiger partial charge is 0.225 e. The van der Waals surface area contributed by atoms with Crippen molar-refractivity contribution in [3.63, 3.8) is 0 Å². The SMILES string of the molecule is CCc1ccc(C(CNC(=O)C2CC(=O)N(CCc3ccc(OC)c(OC)c3)C2)N(C)C)cc1. The molecular weight excluding hydrogens is 430 g/mol. The maximum Gasteiger partial charge on any atom is 0.225 e. The molecule has 0 aromatic heterocycles. The normalized spacial score (nSPS) is 16.6. The fraction of sp³-hybridized carbons (Fsp3) is 0.481. The van der Waals surface area contributed by atoms with Gasteiger partial charge in [-0.1, -0.05) is 37.3 Å². The molecule has 2 amide bonds. The van der Waals surface area contributed by atoms with Gasteiger partial charge in [-0.25, -0.2) is 0 Å². The van der Waals surface area contributed by atoms with Crippen molar-refractivity contribution in [3.05, 3.63) is 59.2 Å². The fourth-order valence-electron chi connectivity index (χ4n) is 4.38. The minimum Gasteiger partial charge on any atom is -0.493 e. The Kier molecular flexibility index (Phi) is 8.93. The first kappa shape index (κ1) is 25.6. The van der Waals surface area contributed by atoms with E-state index in [9.17, 15) is 9.59 Å². The predicted octanol–water partition coefficient (Wildman–Crippen LogP) is 3.08. The Bertz CT molecular complexity index is 974. The van der Waals surface area contributed by atoms with E-state index in [1.807, 2.05) is 32.3 Å². The van der Waals surface area contributed by atoms with Crippen molar-refractivity contribution in [2.45, 2.75) is 32.2 Å². The van der Waals surface area contributed by atoms with Gasteiger partial charge in [0.05, 0.1) is 26.2 Å². The maximum absolute atomic E-state index is 12.9. The van der Waals surface area contributed by atoms with E-state index in [1.165, 1.54) is 11.1 Å². The first-order valence-electron chi connectivity index (χ1n) is 11.9. The number of rotatable bonds is 11. The topological polar surface area (TPSA) is 71.1 Å². The molecule has 2 aromatic rings. The second-order valence-electron chi connectivity index (χ2n) is 9.00. The van der Waals surface area contributed by atoms with Gasteiger partial charge in [-0.2, -0.15) is 0 Å². The van der Waals surface area contributed by atoms with Crippen molar-refractivity contribution >= 4 is 11.8 Å². The van der Waals surface area contributed by atoms with E-state index in [2.05, 4.69) is 41.4 Å². The Balaban J connectivity index is 1.53. The highest BCUT2D eigenvalue weighted by molar-refractivity contribution is 5.89. The number of nitrogens with zero attached hydrogens (tertiary/aromatic N) is 2. The number of aryl methyl sites for hydroxylation is 1. The first-order chi connectivity index (χ1) is 16.4. The number of nitrogens with one attached hydrogen (secondary N) is 1. The molecule has 1 N–H and O–H groups in total. The van der Waals surface area contributed by atoms with Crippen LogP contribution in [0.3, 0.4) is 0 Å². The van der Waals surface area contributed by atoms with Crippen LogP contribution in [0.2, 0.25) is 0 Å². The van der Waals surface area contributed by atoms with Crippen LogP contribution in [0.25, 0.3) is 0 Å². The molecule has 7 nitrogen and oxygen atoms in total. The Labute approximate surface area is 203 Å². The van der Waals surface area contributed by atoms with Crippen LogP contribution in [0.1, 0.15) is 36.1 Å². The van der Waals surface area contributed by atoms with Gasteiger partial charge in [-0.15, -0.1) is 0 Å². The van der Waals surface area contributed by atoms with Crippen molar-refractivity contribution in [3.8, 4) is 11.5 Å². The van der Waals surface area contributed by atoms with E-state index >= 15 is 0 Å². The lowest BCUT2D eigenvalue weighted by Crippen LogP contribution is -2.38. The second-order valence-corrected chi connectivity index (χ2v) is 9.00. The monoisotopic (exact) mass is 467 g/mol. The van der Waals surface area contributed by atoms with Gasteiger partial charge >= 0.3 is 0 Å². The van der Waals surface area contributed by atoms with Crippen LogP contribution in [0.4, 0.5) is 0 Å². The molecule has 2 atom stereocenters. The molecule has 184 valence electrons. The zero-order valence-corrected chi connectivity index (χ0v) is 21.0. The number of hydrogen-bond donors (Lipinski definition) is 1. The third-order valence-electron chi connectivity index (χ3n) is 6.57. The Morgan fingerprint density at radius 3 is 2.38 bits per heavy atom. The average molecular weight is 468 g/mol. The Morgan fingerprint density at radius 2 is 1.76 bits per heavy atom. The summed E-state index contributed by atoms with van der Waals surface area (Å²) in [5, 5.41) is 3.09. The van der Waals surface area contributed by atoms with Crippen LogP contribution in [0.15, 0.2) is 42.5 Å².